The third kappa shape index (κ3) is 3.58. The summed E-state index contributed by atoms with van der Waals surface area (Å²) in [6.45, 7) is 2.10. The number of hydrogen-bond acceptors (Lipinski definition) is 2. The van der Waals surface area contributed by atoms with E-state index in [9.17, 15) is 9.90 Å². The highest BCUT2D eigenvalue weighted by molar-refractivity contribution is 5.76. The second kappa shape index (κ2) is 6.05. The van der Waals surface area contributed by atoms with Gasteiger partial charge in [0.05, 0.1) is 0 Å². The highest BCUT2D eigenvalue weighted by Crippen LogP contribution is 2.19. The SMILES string of the molecule is Cc1cccc(OCC(C(=O)O)c2ccccc2)c1. The Hall–Kier alpha value is -2.29. The molecule has 1 atom stereocenters. The summed E-state index contributed by atoms with van der Waals surface area (Å²) in [4.78, 5) is 11.3. The van der Waals surface area contributed by atoms with Crippen LogP contribution in [-0.4, -0.2) is 17.7 Å². The Kier molecular flexibility index (Phi) is 4.18. The molecule has 0 bridgehead atoms. The average Bonchev–Trinajstić information content (AvgIpc) is 2.40. The normalized spacial score (nSPS) is 11.8. The van der Waals surface area contributed by atoms with Crippen LogP contribution in [-0.2, 0) is 4.79 Å². The zero-order valence-electron chi connectivity index (χ0n) is 10.7. The highest BCUT2D eigenvalue weighted by Gasteiger charge is 2.20. The summed E-state index contributed by atoms with van der Waals surface area (Å²) in [7, 11) is 0. The average molecular weight is 256 g/mol. The summed E-state index contributed by atoms with van der Waals surface area (Å²) in [6.07, 6.45) is 0. The molecule has 98 valence electrons. The highest BCUT2D eigenvalue weighted by atomic mass is 16.5. The van der Waals surface area contributed by atoms with Crippen molar-refractivity contribution in [3.8, 4) is 5.75 Å². The molecular formula is C16H16O3. The van der Waals surface area contributed by atoms with E-state index < -0.39 is 11.9 Å². The number of aliphatic carboxylic acids is 1. The monoisotopic (exact) mass is 256 g/mol. The molecule has 3 nitrogen and oxygen atoms in total. The number of hydrogen-bond donors (Lipinski definition) is 1. The van der Waals surface area contributed by atoms with Crippen molar-refractivity contribution in [2.24, 2.45) is 0 Å². The van der Waals surface area contributed by atoms with Gasteiger partial charge in [-0.05, 0) is 30.2 Å². The predicted octanol–water partition coefficient (Wildman–Crippen LogP) is 3.24. The van der Waals surface area contributed by atoms with E-state index in [1.807, 2.05) is 49.4 Å². The van der Waals surface area contributed by atoms with Crippen LogP contribution in [0.4, 0.5) is 0 Å². The Morgan fingerprint density at radius 2 is 1.89 bits per heavy atom. The quantitative estimate of drug-likeness (QED) is 0.893. The Labute approximate surface area is 112 Å². The zero-order valence-corrected chi connectivity index (χ0v) is 10.7. The summed E-state index contributed by atoms with van der Waals surface area (Å²) in [5, 5.41) is 9.28. The van der Waals surface area contributed by atoms with Crippen LogP contribution in [0.15, 0.2) is 54.6 Å². The molecule has 0 amide bonds. The summed E-state index contributed by atoms with van der Waals surface area (Å²) < 4.78 is 5.58. The molecule has 0 spiro atoms. The third-order valence-electron chi connectivity index (χ3n) is 2.91. The molecule has 2 aromatic rings. The first-order chi connectivity index (χ1) is 9.16. The molecule has 0 heterocycles. The first-order valence-electron chi connectivity index (χ1n) is 6.14. The lowest BCUT2D eigenvalue weighted by atomic mass is 10.0. The molecule has 0 aliphatic heterocycles. The van der Waals surface area contributed by atoms with Crippen LogP contribution in [0, 0.1) is 6.92 Å². The van der Waals surface area contributed by atoms with E-state index in [2.05, 4.69) is 0 Å². The van der Waals surface area contributed by atoms with Gasteiger partial charge in [0.25, 0.3) is 0 Å². The third-order valence-corrected chi connectivity index (χ3v) is 2.91. The minimum absolute atomic E-state index is 0.128. The van der Waals surface area contributed by atoms with Gasteiger partial charge in [0.1, 0.15) is 18.3 Å². The van der Waals surface area contributed by atoms with Crippen LogP contribution < -0.4 is 4.74 Å². The van der Waals surface area contributed by atoms with Crippen molar-refractivity contribution in [3.05, 3.63) is 65.7 Å². The molecule has 0 saturated heterocycles. The molecule has 3 heteroatoms. The van der Waals surface area contributed by atoms with Crippen LogP contribution in [0.25, 0.3) is 0 Å². The second-order valence-electron chi connectivity index (χ2n) is 4.43. The number of aryl methyl sites for hydroxylation is 1. The van der Waals surface area contributed by atoms with E-state index >= 15 is 0 Å². The van der Waals surface area contributed by atoms with Crippen LogP contribution >= 0.6 is 0 Å². The first-order valence-corrected chi connectivity index (χ1v) is 6.14. The lowest BCUT2D eigenvalue weighted by Crippen LogP contribution is -2.19. The minimum atomic E-state index is -0.876. The molecule has 0 radical (unpaired) electrons. The van der Waals surface area contributed by atoms with Crippen LogP contribution in [0.2, 0.25) is 0 Å². The number of rotatable bonds is 5. The summed E-state index contributed by atoms with van der Waals surface area (Å²) >= 11 is 0. The summed E-state index contributed by atoms with van der Waals surface area (Å²) in [5.41, 5.74) is 1.84. The van der Waals surface area contributed by atoms with E-state index in [4.69, 9.17) is 4.74 Å². The molecule has 1 unspecified atom stereocenters. The molecular weight excluding hydrogens is 240 g/mol. The topological polar surface area (TPSA) is 46.5 Å². The molecule has 0 fully saturated rings. The predicted molar refractivity (Wildman–Crippen MR) is 73.5 cm³/mol. The van der Waals surface area contributed by atoms with Gasteiger partial charge in [-0.25, -0.2) is 0 Å². The summed E-state index contributed by atoms with van der Waals surface area (Å²) in [5.74, 6) is -0.831. The van der Waals surface area contributed by atoms with Crippen molar-refractivity contribution < 1.29 is 14.6 Å². The van der Waals surface area contributed by atoms with Crippen molar-refractivity contribution in [1.29, 1.82) is 0 Å². The van der Waals surface area contributed by atoms with Crippen LogP contribution in [0.3, 0.4) is 0 Å². The minimum Gasteiger partial charge on any atom is -0.492 e. The van der Waals surface area contributed by atoms with Gasteiger partial charge in [-0.3, -0.25) is 4.79 Å². The largest absolute Gasteiger partial charge is 0.492 e. The maximum atomic E-state index is 11.3. The molecule has 2 rings (SSSR count). The van der Waals surface area contributed by atoms with Gasteiger partial charge < -0.3 is 9.84 Å². The molecule has 2 aromatic carbocycles. The van der Waals surface area contributed by atoms with Gasteiger partial charge >= 0.3 is 5.97 Å². The number of carboxylic acid groups (broad SMARTS) is 1. The molecule has 0 aromatic heterocycles. The van der Waals surface area contributed by atoms with Gasteiger partial charge in [0, 0.05) is 0 Å². The van der Waals surface area contributed by atoms with E-state index in [1.54, 1.807) is 12.1 Å². The lowest BCUT2D eigenvalue weighted by Gasteiger charge is -2.14. The Balaban J connectivity index is 2.08. The molecule has 0 aliphatic rings. The molecule has 0 aliphatic carbocycles. The molecule has 19 heavy (non-hydrogen) atoms. The van der Waals surface area contributed by atoms with Crippen molar-refractivity contribution in [1.82, 2.24) is 0 Å². The Bertz CT molecular complexity index is 549. The van der Waals surface area contributed by atoms with Crippen molar-refractivity contribution >= 4 is 5.97 Å². The van der Waals surface area contributed by atoms with Crippen molar-refractivity contribution in [2.75, 3.05) is 6.61 Å². The van der Waals surface area contributed by atoms with Gasteiger partial charge in [-0.1, -0.05) is 42.5 Å². The van der Waals surface area contributed by atoms with E-state index in [0.717, 1.165) is 11.1 Å². The fourth-order valence-corrected chi connectivity index (χ4v) is 1.88. The lowest BCUT2D eigenvalue weighted by molar-refractivity contribution is -0.139. The van der Waals surface area contributed by atoms with E-state index in [1.165, 1.54) is 0 Å². The standard InChI is InChI=1S/C16H16O3/c1-12-6-5-9-14(10-12)19-11-15(16(17)18)13-7-3-2-4-8-13/h2-10,15H,11H2,1H3,(H,17,18). The smallest absolute Gasteiger partial charge is 0.314 e. The van der Waals surface area contributed by atoms with Crippen LogP contribution in [0.1, 0.15) is 17.0 Å². The van der Waals surface area contributed by atoms with E-state index in [0.29, 0.717) is 5.75 Å². The Morgan fingerprint density at radius 3 is 2.53 bits per heavy atom. The number of benzene rings is 2. The van der Waals surface area contributed by atoms with Crippen molar-refractivity contribution in [2.45, 2.75) is 12.8 Å². The maximum absolute atomic E-state index is 11.3. The zero-order chi connectivity index (χ0) is 13.7. The fraction of sp³-hybridized carbons (Fsp3) is 0.188. The first kappa shape index (κ1) is 13.1. The summed E-state index contributed by atoms with van der Waals surface area (Å²) in [6, 6.07) is 16.7. The fourth-order valence-electron chi connectivity index (χ4n) is 1.88. The van der Waals surface area contributed by atoms with Crippen molar-refractivity contribution in [3.63, 3.8) is 0 Å². The number of carbonyl (C=O) groups is 1. The second-order valence-corrected chi connectivity index (χ2v) is 4.43. The number of carboxylic acids is 1. The Morgan fingerprint density at radius 1 is 1.16 bits per heavy atom. The van der Waals surface area contributed by atoms with Gasteiger partial charge in [0.15, 0.2) is 0 Å². The van der Waals surface area contributed by atoms with Gasteiger partial charge in [0.2, 0.25) is 0 Å². The molecule has 1 N–H and O–H groups in total. The molecule has 0 saturated carbocycles. The van der Waals surface area contributed by atoms with Crippen LogP contribution in [0.5, 0.6) is 5.75 Å². The maximum Gasteiger partial charge on any atom is 0.314 e. The van der Waals surface area contributed by atoms with Gasteiger partial charge in [-0.15, -0.1) is 0 Å². The number of ether oxygens (including phenoxy) is 1. The van der Waals surface area contributed by atoms with Gasteiger partial charge in [-0.2, -0.15) is 0 Å². The van der Waals surface area contributed by atoms with E-state index in [-0.39, 0.29) is 6.61 Å².